The van der Waals surface area contributed by atoms with Crippen molar-refractivity contribution in [1.29, 1.82) is 0 Å². The Morgan fingerprint density at radius 3 is 2.33 bits per heavy atom. The zero-order valence-corrected chi connectivity index (χ0v) is 11.2. The van der Waals surface area contributed by atoms with E-state index in [9.17, 15) is 13.2 Å². The van der Waals surface area contributed by atoms with Gasteiger partial charge in [-0.2, -0.15) is 0 Å². The molecule has 0 atom stereocenters. The molecule has 5 heteroatoms. The molecule has 2 rings (SSSR count). The summed E-state index contributed by atoms with van der Waals surface area (Å²) in [6, 6.07) is 6.61. The average Bonchev–Trinajstić information content (AvgIpc) is 2.23. The van der Waals surface area contributed by atoms with Crippen LogP contribution in [0.1, 0.15) is 24.8 Å². The highest BCUT2D eigenvalue weighted by Gasteiger charge is 2.24. The summed E-state index contributed by atoms with van der Waals surface area (Å²) in [6.45, 7) is 0.458. The molecule has 1 fully saturated rings. The van der Waals surface area contributed by atoms with Crippen molar-refractivity contribution in [2.45, 2.75) is 30.7 Å². The third kappa shape index (κ3) is 3.10. The van der Waals surface area contributed by atoms with Gasteiger partial charge in [-0.3, -0.25) is 4.79 Å². The fourth-order valence-corrected chi connectivity index (χ4v) is 2.49. The first-order valence-corrected chi connectivity index (χ1v) is 7.92. The van der Waals surface area contributed by atoms with Gasteiger partial charge in [0.1, 0.15) is 0 Å². The second-order valence-corrected chi connectivity index (χ2v) is 6.78. The van der Waals surface area contributed by atoms with Gasteiger partial charge in [-0.15, -0.1) is 0 Å². The number of amides is 1. The lowest BCUT2D eigenvalue weighted by Crippen LogP contribution is -2.33. The lowest BCUT2D eigenvalue weighted by molar-refractivity contribution is -0.127. The predicted molar refractivity (Wildman–Crippen MR) is 68.7 cm³/mol. The van der Waals surface area contributed by atoms with E-state index in [4.69, 9.17) is 0 Å². The van der Waals surface area contributed by atoms with Crippen LogP contribution in [0.3, 0.4) is 0 Å². The molecule has 1 aromatic carbocycles. The molecule has 98 valence electrons. The summed E-state index contributed by atoms with van der Waals surface area (Å²) in [7, 11) is -3.15. The predicted octanol–water partition coefficient (Wildman–Crippen LogP) is 1.51. The van der Waals surface area contributed by atoms with E-state index in [-0.39, 0.29) is 11.8 Å². The first kappa shape index (κ1) is 13.1. The quantitative estimate of drug-likeness (QED) is 0.899. The van der Waals surface area contributed by atoms with Crippen molar-refractivity contribution < 1.29 is 13.2 Å². The van der Waals surface area contributed by atoms with Crippen molar-refractivity contribution in [3.63, 3.8) is 0 Å². The molecule has 1 aliphatic rings. The monoisotopic (exact) mass is 267 g/mol. The zero-order valence-electron chi connectivity index (χ0n) is 10.3. The standard InChI is InChI=1S/C13H17NO3S/c1-18(16,17)12-7-5-10(6-8-12)9-14-13(15)11-3-2-4-11/h5-8,11H,2-4,9H2,1H3,(H,14,15). The first-order valence-electron chi connectivity index (χ1n) is 6.03. The van der Waals surface area contributed by atoms with Gasteiger partial charge in [-0.1, -0.05) is 18.6 Å². The molecule has 1 amide bonds. The number of hydrogen-bond donors (Lipinski definition) is 1. The minimum Gasteiger partial charge on any atom is -0.352 e. The van der Waals surface area contributed by atoms with Gasteiger partial charge in [0.2, 0.25) is 5.91 Å². The smallest absolute Gasteiger partial charge is 0.223 e. The Hall–Kier alpha value is -1.36. The maximum atomic E-state index is 11.6. The number of benzene rings is 1. The van der Waals surface area contributed by atoms with E-state index in [1.165, 1.54) is 6.26 Å². The van der Waals surface area contributed by atoms with Gasteiger partial charge in [0, 0.05) is 18.7 Å². The SMILES string of the molecule is CS(=O)(=O)c1ccc(CNC(=O)C2CCC2)cc1. The van der Waals surface area contributed by atoms with E-state index in [1.807, 2.05) is 0 Å². The van der Waals surface area contributed by atoms with Gasteiger partial charge in [0.25, 0.3) is 0 Å². The molecule has 0 aromatic heterocycles. The average molecular weight is 267 g/mol. The van der Waals surface area contributed by atoms with Crippen LogP contribution in [0, 0.1) is 5.92 Å². The summed E-state index contributed by atoms with van der Waals surface area (Å²) in [4.78, 5) is 11.9. The highest BCUT2D eigenvalue weighted by Crippen LogP contribution is 2.26. The van der Waals surface area contributed by atoms with Crippen LogP contribution >= 0.6 is 0 Å². The normalized spacial score (nSPS) is 16.1. The number of carbonyl (C=O) groups excluding carboxylic acids is 1. The Labute approximate surface area is 107 Å². The van der Waals surface area contributed by atoms with Crippen LogP contribution in [0.2, 0.25) is 0 Å². The van der Waals surface area contributed by atoms with E-state index in [0.29, 0.717) is 11.4 Å². The first-order chi connectivity index (χ1) is 8.47. The Bertz CT molecular complexity index is 530. The Kier molecular flexibility index (Phi) is 3.71. The van der Waals surface area contributed by atoms with Crippen LogP contribution in [0.5, 0.6) is 0 Å². The zero-order chi connectivity index (χ0) is 13.2. The molecular formula is C13H17NO3S. The maximum absolute atomic E-state index is 11.6. The number of nitrogens with one attached hydrogen (secondary N) is 1. The van der Waals surface area contributed by atoms with Gasteiger partial charge in [-0.25, -0.2) is 8.42 Å². The fraction of sp³-hybridized carbons (Fsp3) is 0.462. The van der Waals surface area contributed by atoms with Gasteiger partial charge in [0.05, 0.1) is 4.90 Å². The summed E-state index contributed by atoms with van der Waals surface area (Å²) >= 11 is 0. The number of sulfone groups is 1. The van der Waals surface area contributed by atoms with Crippen molar-refractivity contribution in [2.75, 3.05) is 6.26 Å². The molecule has 0 spiro atoms. The van der Waals surface area contributed by atoms with Gasteiger partial charge in [0.15, 0.2) is 9.84 Å². The summed E-state index contributed by atoms with van der Waals surface area (Å²) in [5, 5.41) is 2.87. The van der Waals surface area contributed by atoms with Crippen LogP contribution in [0.15, 0.2) is 29.2 Å². The highest BCUT2D eigenvalue weighted by atomic mass is 32.2. The molecule has 0 radical (unpaired) electrons. The largest absolute Gasteiger partial charge is 0.352 e. The Morgan fingerprint density at radius 2 is 1.89 bits per heavy atom. The molecule has 0 bridgehead atoms. The van der Waals surface area contributed by atoms with E-state index >= 15 is 0 Å². The Balaban J connectivity index is 1.92. The van der Waals surface area contributed by atoms with Crippen molar-refractivity contribution in [3.05, 3.63) is 29.8 Å². The van der Waals surface area contributed by atoms with Gasteiger partial charge >= 0.3 is 0 Å². The molecule has 18 heavy (non-hydrogen) atoms. The molecule has 0 saturated heterocycles. The van der Waals surface area contributed by atoms with E-state index in [1.54, 1.807) is 24.3 Å². The summed E-state index contributed by atoms with van der Waals surface area (Å²) < 4.78 is 22.6. The van der Waals surface area contributed by atoms with Crippen LogP contribution < -0.4 is 5.32 Å². The summed E-state index contributed by atoms with van der Waals surface area (Å²) in [5.74, 6) is 0.286. The lowest BCUT2D eigenvalue weighted by Gasteiger charge is -2.24. The molecule has 1 N–H and O–H groups in total. The minimum absolute atomic E-state index is 0.105. The van der Waals surface area contributed by atoms with Crippen LogP contribution in [0.4, 0.5) is 0 Å². The summed E-state index contributed by atoms with van der Waals surface area (Å²) in [5.41, 5.74) is 0.912. The van der Waals surface area contributed by atoms with Gasteiger partial charge < -0.3 is 5.32 Å². The van der Waals surface area contributed by atoms with E-state index < -0.39 is 9.84 Å². The third-order valence-corrected chi connectivity index (χ3v) is 4.42. The highest BCUT2D eigenvalue weighted by molar-refractivity contribution is 7.90. The number of hydrogen-bond acceptors (Lipinski definition) is 3. The molecule has 1 saturated carbocycles. The second kappa shape index (κ2) is 5.10. The van der Waals surface area contributed by atoms with Crippen LogP contribution in [-0.4, -0.2) is 20.6 Å². The van der Waals surface area contributed by atoms with Gasteiger partial charge in [-0.05, 0) is 30.5 Å². The molecular weight excluding hydrogens is 250 g/mol. The molecule has 1 aromatic rings. The van der Waals surface area contributed by atoms with E-state index in [2.05, 4.69) is 5.32 Å². The molecule has 1 aliphatic carbocycles. The van der Waals surface area contributed by atoms with Crippen molar-refractivity contribution in [2.24, 2.45) is 5.92 Å². The third-order valence-electron chi connectivity index (χ3n) is 3.29. The fourth-order valence-electron chi connectivity index (χ4n) is 1.86. The van der Waals surface area contributed by atoms with Crippen LogP contribution in [-0.2, 0) is 21.2 Å². The number of rotatable bonds is 4. The topological polar surface area (TPSA) is 63.2 Å². The van der Waals surface area contributed by atoms with Crippen molar-refractivity contribution in [3.8, 4) is 0 Å². The number of carbonyl (C=O) groups is 1. The Morgan fingerprint density at radius 1 is 1.28 bits per heavy atom. The summed E-state index contributed by atoms with van der Waals surface area (Å²) in [6.07, 6.45) is 4.29. The van der Waals surface area contributed by atoms with Crippen molar-refractivity contribution in [1.82, 2.24) is 5.32 Å². The molecule has 0 unspecified atom stereocenters. The maximum Gasteiger partial charge on any atom is 0.223 e. The van der Waals surface area contributed by atoms with E-state index in [0.717, 1.165) is 24.8 Å². The second-order valence-electron chi connectivity index (χ2n) is 4.76. The molecule has 0 aliphatic heterocycles. The van der Waals surface area contributed by atoms with Crippen molar-refractivity contribution >= 4 is 15.7 Å². The van der Waals surface area contributed by atoms with Crippen LogP contribution in [0.25, 0.3) is 0 Å². The molecule has 4 nitrogen and oxygen atoms in total. The lowest BCUT2D eigenvalue weighted by atomic mass is 9.85. The minimum atomic E-state index is -3.15. The molecule has 0 heterocycles.